The van der Waals surface area contributed by atoms with E-state index < -0.39 is 34.4 Å². The number of benzene rings is 1. The van der Waals surface area contributed by atoms with Crippen molar-refractivity contribution in [1.82, 2.24) is 9.62 Å². The monoisotopic (exact) mass is 450 g/mol. The molecule has 1 aliphatic heterocycles. The number of nitrogens with zero attached hydrogens (tertiary/aromatic N) is 1. The lowest BCUT2D eigenvalue weighted by atomic mass is 10.1. The van der Waals surface area contributed by atoms with Crippen LogP contribution in [-0.4, -0.2) is 50.2 Å². The van der Waals surface area contributed by atoms with E-state index in [1.165, 1.54) is 33.8 Å². The molecule has 1 aromatic heterocycles. The van der Waals surface area contributed by atoms with Crippen LogP contribution in [0.4, 0.5) is 0 Å². The summed E-state index contributed by atoms with van der Waals surface area (Å²) >= 11 is 1.18. The zero-order valence-corrected chi connectivity index (χ0v) is 18.1. The molecule has 0 bridgehead atoms. The molecule has 0 radical (unpaired) electrons. The second-order valence-corrected chi connectivity index (χ2v) is 9.73. The number of carbonyl (C=O) groups is 3. The van der Waals surface area contributed by atoms with Crippen molar-refractivity contribution in [2.45, 2.75) is 31.1 Å². The molecule has 10 heteroatoms. The molecule has 1 fully saturated rings. The van der Waals surface area contributed by atoms with Crippen molar-refractivity contribution < 1.29 is 27.5 Å². The highest BCUT2D eigenvalue weighted by Crippen LogP contribution is 2.24. The van der Waals surface area contributed by atoms with Gasteiger partial charge in [-0.1, -0.05) is 18.6 Å². The van der Waals surface area contributed by atoms with E-state index in [-0.39, 0.29) is 10.5 Å². The lowest BCUT2D eigenvalue weighted by Gasteiger charge is -2.26. The number of aryl methyl sites for hydroxylation is 1. The summed E-state index contributed by atoms with van der Waals surface area (Å²) in [6.07, 6.45) is 2.60. The minimum atomic E-state index is -3.72. The molecule has 1 aliphatic rings. The number of rotatable bonds is 6. The van der Waals surface area contributed by atoms with E-state index in [1.54, 1.807) is 24.4 Å². The quantitative estimate of drug-likeness (QED) is 0.677. The van der Waals surface area contributed by atoms with E-state index in [9.17, 15) is 22.8 Å². The van der Waals surface area contributed by atoms with Gasteiger partial charge in [-0.2, -0.15) is 4.31 Å². The van der Waals surface area contributed by atoms with Gasteiger partial charge in [-0.3, -0.25) is 14.9 Å². The summed E-state index contributed by atoms with van der Waals surface area (Å²) in [5, 5.41) is 3.83. The average molecular weight is 451 g/mol. The summed E-state index contributed by atoms with van der Waals surface area (Å²) in [6, 6.07) is 7.50. The number of amides is 2. The van der Waals surface area contributed by atoms with Crippen molar-refractivity contribution in [3.8, 4) is 0 Å². The van der Waals surface area contributed by atoms with Crippen LogP contribution in [0.5, 0.6) is 0 Å². The molecule has 0 aliphatic carbocycles. The second kappa shape index (κ2) is 9.50. The van der Waals surface area contributed by atoms with E-state index in [0.717, 1.165) is 19.3 Å². The smallest absolute Gasteiger partial charge is 0.338 e. The van der Waals surface area contributed by atoms with Crippen molar-refractivity contribution in [3.63, 3.8) is 0 Å². The van der Waals surface area contributed by atoms with Crippen LogP contribution in [0.2, 0.25) is 0 Å². The molecule has 2 amide bonds. The molecule has 30 heavy (non-hydrogen) atoms. The van der Waals surface area contributed by atoms with Crippen molar-refractivity contribution in [2.24, 2.45) is 0 Å². The number of esters is 1. The van der Waals surface area contributed by atoms with Gasteiger partial charge in [0.1, 0.15) is 0 Å². The van der Waals surface area contributed by atoms with E-state index in [1.807, 2.05) is 0 Å². The highest BCUT2D eigenvalue weighted by molar-refractivity contribution is 7.89. The third kappa shape index (κ3) is 5.13. The Morgan fingerprint density at radius 1 is 1.13 bits per heavy atom. The van der Waals surface area contributed by atoms with Gasteiger partial charge in [0.2, 0.25) is 10.0 Å². The average Bonchev–Trinajstić information content (AvgIpc) is 3.28. The van der Waals surface area contributed by atoms with E-state index in [2.05, 4.69) is 5.32 Å². The van der Waals surface area contributed by atoms with Gasteiger partial charge < -0.3 is 4.74 Å². The van der Waals surface area contributed by atoms with Gasteiger partial charge in [0.25, 0.3) is 11.8 Å². The maximum absolute atomic E-state index is 13.0. The van der Waals surface area contributed by atoms with Crippen LogP contribution >= 0.6 is 11.3 Å². The molecule has 0 spiro atoms. The number of hydrogen-bond acceptors (Lipinski definition) is 7. The molecule has 160 valence electrons. The highest BCUT2D eigenvalue weighted by atomic mass is 32.2. The van der Waals surface area contributed by atoms with Gasteiger partial charge in [0.05, 0.1) is 15.3 Å². The van der Waals surface area contributed by atoms with Gasteiger partial charge in [0.15, 0.2) is 6.61 Å². The van der Waals surface area contributed by atoms with Crippen molar-refractivity contribution in [2.75, 3.05) is 19.7 Å². The van der Waals surface area contributed by atoms with Crippen LogP contribution in [-0.2, 0) is 19.6 Å². The van der Waals surface area contributed by atoms with Gasteiger partial charge in [-0.15, -0.1) is 11.3 Å². The Balaban J connectivity index is 1.65. The SMILES string of the molecule is Cc1ccc(C(=O)OCC(=O)NC(=O)c2cccs2)cc1S(=O)(=O)N1CCCCC1. The Morgan fingerprint density at radius 2 is 1.87 bits per heavy atom. The van der Waals surface area contributed by atoms with Crippen molar-refractivity contribution in [1.29, 1.82) is 0 Å². The van der Waals surface area contributed by atoms with Crippen molar-refractivity contribution in [3.05, 3.63) is 51.7 Å². The molecule has 0 unspecified atom stereocenters. The molecule has 1 N–H and O–H groups in total. The zero-order chi connectivity index (χ0) is 21.7. The Labute approximate surface area is 178 Å². The summed E-state index contributed by atoms with van der Waals surface area (Å²) in [5.74, 6) is -2.19. The van der Waals surface area contributed by atoms with Crippen LogP contribution in [0.15, 0.2) is 40.6 Å². The van der Waals surface area contributed by atoms with Gasteiger partial charge in [-0.05, 0) is 48.9 Å². The maximum atomic E-state index is 13.0. The number of thiophene rings is 1. The normalized spacial score (nSPS) is 14.8. The Hall–Kier alpha value is -2.56. The number of sulfonamides is 1. The highest BCUT2D eigenvalue weighted by Gasteiger charge is 2.28. The Kier molecular flexibility index (Phi) is 7.01. The number of carbonyl (C=O) groups excluding carboxylic acids is 3. The maximum Gasteiger partial charge on any atom is 0.338 e. The Morgan fingerprint density at radius 3 is 2.53 bits per heavy atom. The standard InChI is InChI=1S/C20H22N2O6S2/c1-14-7-8-15(12-17(14)30(26,27)22-9-3-2-4-10-22)20(25)28-13-18(23)21-19(24)16-6-5-11-29-16/h5-8,11-12H,2-4,9-10,13H2,1H3,(H,21,23,24). The molecule has 2 heterocycles. The van der Waals surface area contributed by atoms with E-state index in [4.69, 9.17) is 4.74 Å². The summed E-state index contributed by atoms with van der Waals surface area (Å²) in [7, 11) is -3.72. The molecule has 8 nitrogen and oxygen atoms in total. The first-order valence-corrected chi connectivity index (χ1v) is 11.8. The molecule has 0 saturated carbocycles. The fourth-order valence-corrected chi connectivity index (χ4v) is 5.48. The molecular weight excluding hydrogens is 428 g/mol. The predicted octanol–water partition coefficient (Wildman–Crippen LogP) is 2.34. The molecule has 2 aromatic rings. The first kappa shape index (κ1) is 22.1. The minimum Gasteiger partial charge on any atom is -0.452 e. The number of hydrogen-bond donors (Lipinski definition) is 1. The lowest BCUT2D eigenvalue weighted by molar-refractivity contribution is -0.123. The Bertz CT molecular complexity index is 1040. The minimum absolute atomic E-state index is 0.0218. The third-order valence-corrected chi connectivity index (χ3v) is 7.60. The first-order chi connectivity index (χ1) is 14.3. The van der Waals surface area contributed by atoms with Crippen LogP contribution in [0.1, 0.15) is 44.9 Å². The molecule has 0 atom stereocenters. The number of imide groups is 1. The second-order valence-electron chi connectivity index (χ2n) is 6.88. The van der Waals surface area contributed by atoms with Gasteiger partial charge >= 0.3 is 5.97 Å². The largest absolute Gasteiger partial charge is 0.452 e. The fraction of sp³-hybridized carbons (Fsp3) is 0.350. The van der Waals surface area contributed by atoms with Crippen LogP contribution < -0.4 is 5.32 Å². The topological polar surface area (TPSA) is 110 Å². The van der Waals surface area contributed by atoms with Crippen LogP contribution in [0.3, 0.4) is 0 Å². The summed E-state index contributed by atoms with van der Waals surface area (Å²) in [6.45, 7) is 1.91. The zero-order valence-electron chi connectivity index (χ0n) is 16.4. The summed E-state index contributed by atoms with van der Waals surface area (Å²) in [4.78, 5) is 36.5. The van der Waals surface area contributed by atoms with Crippen LogP contribution in [0.25, 0.3) is 0 Å². The molecule has 3 rings (SSSR count). The van der Waals surface area contributed by atoms with Gasteiger partial charge in [0, 0.05) is 13.1 Å². The first-order valence-electron chi connectivity index (χ1n) is 9.44. The summed E-state index contributed by atoms with van der Waals surface area (Å²) in [5.41, 5.74) is 0.546. The lowest BCUT2D eigenvalue weighted by Crippen LogP contribution is -2.36. The number of piperidine rings is 1. The molecular formula is C20H22N2O6S2. The van der Waals surface area contributed by atoms with E-state index >= 15 is 0 Å². The predicted molar refractivity (Wildman–Crippen MR) is 111 cm³/mol. The number of nitrogens with one attached hydrogen (secondary N) is 1. The van der Waals surface area contributed by atoms with E-state index in [0.29, 0.717) is 23.5 Å². The fourth-order valence-electron chi connectivity index (χ4n) is 3.10. The van der Waals surface area contributed by atoms with Gasteiger partial charge in [-0.25, -0.2) is 13.2 Å². The molecule has 1 saturated heterocycles. The van der Waals surface area contributed by atoms with Crippen molar-refractivity contribution >= 4 is 39.1 Å². The van der Waals surface area contributed by atoms with Crippen LogP contribution in [0, 0.1) is 6.92 Å². The summed E-state index contributed by atoms with van der Waals surface area (Å²) < 4.78 is 32.3. The third-order valence-electron chi connectivity index (χ3n) is 4.69. The molecule has 1 aromatic carbocycles. The number of ether oxygens (including phenoxy) is 1.